The van der Waals surface area contributed by atoms with Crippen LogP contribution >= 0.6 is 23.2 Å². The highest BCUT2D eigenvalue weighted by Crippen LogP contribution is 2.26. The number of hydrogen-bond donors (Lipinski definition) is 2. The van der Waals surface area contributed by atoms with Gasteiger partial charge in [-0.25, -0.2) is 0 Å². The molecule has 3 atom stereocenters. The van der Waals surface area contributed by atoms with Gasteiger partial charge in [0.25, 0.3) is 5.91 Å². The molecule has 12 heteroatoms. The number of halogens is 2. The quantitative estimate of drug-likeness (QED) is 0.539. The molecule has 184 valence electrons. The second kappa shape index (κ2) is 11.4. The summed E-state index contributed by atoms with van der Waals surface area (Å²) in [7, 11) is 0.445. The van der Waals surface area contributed by atoms with E-state index in [4.69, 9.17) is 32.5 Å². The van der Waals surface area contributed by atoms with E-state index in [-0.39, 0.29) is 23.0 Å². The van der Waals surface area contributed by atoms with Crippen molar-refractivity contribution in [2.24, 2.45) is 5.92 Å². The molecule has 1 aromatic carbocycles. The Morgan fingerprint density at radius 2 is 1.76 bits per heavy atom. The molecule has 2 bridgehead atoms. The summed E-state index contributed by atoms with van der Waals surface area (Å²) in [5.41, 5.74) is 0.138. The molecular weight excluding hydrogens is 484 g/mol. The van der Waals surface area contributed by atoms with Crippen LogP contribution in [0.15, 0.2) is 18.2 Å². The van der Waals surface area contributed by atoms with E-state index in [1.165, 1.54) is 12.1 Å². The maximum Gasteiger partial charge on any atom is 0.622 e. The number of piperidine rings is 1. The van der Waals surface area contributed by atoms with Crippen LogP contribution in [0.4, 0.5) is 0 Å². The van der Waals surface area contributed by atoms with Crippen LogP contribution in [0.3, 0.4) is 0 Å². The highest BCUT2D eigenvalue weighted by Gasteiger charge is 2.47. The van der Waals surface area contributed by atoms with Gasteiger partial charge in [-0.3, -0.25) is 24.1 Å². The lowest BCUT2D eigenvalue weighted by atomic mass is 9.73. The maximum absolute atomic E-state index is 12.8. The molecule has 2 aliphatic rings. The Bertz CT molecular complexity index is 937. The number of carbonyl (C=O) groups excluding carboxylic acids is 4. The number of benzene rings is 1. The largest absolute Gasteiger partial charge is 0.622 e. The van der Waals surface area contributed by atoms with E-state index in [1.54, 1.807) is 18.0 Å². The highest BCUT2D eigenvalue weighted by molar-refractivity contribution is 6.51. The molecule has 2 aliphatic heterocycles. The third kappa shape index (κ3) is 6.43. The monoisotopic (exact) mass is 511 g/mol. The summed E-state index contributed by atoms with van der Waals surface area (Å²) in [5, 5.41) is 5.76. The Morgan fingerprint density at radius 3 is 2.35 bits per heavy atom. The minimum absolute atomic E-state index is 0.0928. The molecule has 0 aromatic heterocycles. The number of rotatable bonds is 7. The third-order valence-corrected chi connectivity index (χ3v) is 6.49. The number of likely N-dealkylation sites (N-methyl/N-ethyl adjacent to an activating group) is 1. The van der Waals surface area contributed by atoms with Gasteiger partial charge in [0.15, 0.2) is 0 Å². The smallest absolute Gasteiger partial charge is 0.497 e. The zero-order valence-corrected chi connectivity index (χ0v) is 20.8. The zero-order valence-electron chi connectivity index (χ0n) is 19.3. The summed E-state index contributed by atoms with van der Waals surface area (Å²) in [6, 6.07) is 3.37. The number of nitrogens with zero attached hydrogens (tertiary/aromatic N) is 1. The van der Waals surface area contributed by atoms with E-state index in [1.807, 2.05) is 13.8 Å². The Labute approximate surface area is 208 Å². The minimum atomic E-state index is -1.26. The molecule has 34 heavy (non-hydrogen) atoms. The van der Waals surface area contributed by atoms with Gasteiger partial charge in [0.1, 0.15) is 12.1 Å². The molecule has 2 amide bonds. The number of fused-ring (bicyclic) bond motifs is 2. The summed E-state index contributed by atoms with van der Waals surface area (Å²) in [4.78, 5) is 52.3. The lowest BCUT2D eigenvalue weighted by Crippen LogP contribution is -2.61. The fourth-order valence-electron chi connectivity index (χ4n) is 4.20. The van der Waals surface area contributed by atoms with Crippen LogP contribution in [-0.4, -0.2) is 67.4 Å². The molecule has 0 radical (unpaired) electrons. The Morgan fingerprint density at radius 1 is 1.15 bits per heavy atom. The molecule has 3 rings (SSSR count). The van der Waals surface area contributed by atoms with E-state index >= 15 is 0 Å². The molecule has 2 heterocycles. The van der Waals surface area contributed by atoms with Crippen molar-refractivity contribution in [2.45, 2.75) is 57.6 Å². The van der Waals surface area contributed by atoms with Gasteiger partial charge < -0.3 is 19.9 Å². The average molecular weight is 512 g/mol. The first kappa shape index (κ1) is 26.3. The van der Waals surface area contributed by atoms with Crippen LogP contribution < -0.4 is 10.6 Å². The molecule has 1 unspecified atom stereocenters. The average Bonchev–Trinajstić information content (AvgIpc) is 2.77. The van der Waals surface area contributed by atoms with Gasteiger partial charge in [-0.1, -0.05) is 37.0 Å². The summed E-state index contributed by atoms with van der Waals surface area (Å²) in [6.07, 6.45) is 2.28. The van der Waals surface area contributed by atoms with E-state index in [0.29, 0.717) is 24.3 Å². The molecule has 9 nitrogen and oxygen atoms in total. The lowest BCUT2D eigenvalue weighted by molar-refractivity contribution is -0.157. The first-order valence-electron chi connectivity index (χ1n) is 11.2. The van der Waals surface area contributed by atoms with Gasteiger partial charge in [0.05, 0.1) is 23.1 Å². The van der Waals surface area contributed by atoms with E-state index < -0.39 is 48.9 Å². The lowest BCUT2D eigenvalue weighted by Gasteiger charge is -2.40. The molecule has 2 fully saturated rings. The number of carbonyl (C=O) groups is 4. The number of amides is 2. The van der Waals surface area contributed by atoms with Crippen LogP contribution in [0, 0.1) is 5.92 Å². The molecule has 2 saturated heterocycles. The SMILES string of the molecule is CC(C)CC(NC(=O)CNC(=O)c1cc(Cl)ccc1Cl)B1OC(=O)[C@H]2CCC[C@H](C(=O)O1)N2C. The van der Waals surface area contributed by atoms with Gasteiger partial charge in [-0.2, -0.15) is 0 Å². The van der Waals surface area contributed by atoms with E-state index in [2.05, 4.69) is 10.6 Å². The van der Waals surface area contributed by atoms with E-state index in [9.17, 15) is 19.2 Å². The summed E-state index contributed by atoms with van der Waals surface area (Å²) >= 11 is 12.0. The second-order valence-electron chi connectivity index (χ2n) is 8.98. The van der Waals surface area contributed by atoms with E-state index in [0.717, 1.165) is 6.42 Å². The van der Waals surface area contributed by atoms with Gasteiger partial charge in [0, 0.05) is 5.02 Å². The standard InChI is InChI=1S/C22H28BCl2N3O6/c1-12(2)9-18(23-33-21(31)16-5-4-6-17(28(16)3)22(32)34-23)27-19(29)11-26-20(30)14-10-13(24)7-8-15(14)25/h7-8,10,12,16-18H,4-6,9,11H2,1-3H3,(H,26,30)(H,27,29)/t16-,17-,18?/m1/s1. The van der Waals surface area contributed by atoms with Gasteiger partial charge in [-0.05, 0) is 56.8 Å². The molecule has 0 saturated carbocycles. The fourth-order valence-corrected chi connectivity index (χ4v) is 4.58. The van der Waals surface area contributed by atoms with Crippen molar-refractivity contribution in [1.82, 2.24) is 15.5 Å². The Hall–Kier alpha value is -2.30. The first-order chi connectivity index (χ1) is 16.1. The highest BCUT2D eigenvalue weighted by atomic mass is 35.5. The van der Waals surface area contributed by atoms with Crippen molar-refractivity contribution in [3.63, 3.8) is 0 Å². The predicted octanol–water partition coefficient (Wildman–Crippen LogP) is 2.23. The van der Waals surface area contributed by atoms with Crippen molar-refractivity contribution in [3.05, 3.63) is 33.8 Å². The zero-order chi connectivity index (χ0) is 25.0. The van der Waals surface area contributed by atoms with Crippen LogP contribution in [-0.2, 0) is 23.7 Å². The van der Waals surface area contributed by atoms with Crippen LogP contribution in [0.25, 0.3) is 0 Å². The van der Waals surface area contributed by atoms with Crippen molar-refractivity contribution in [2.75, 3.05) is 13.6 Å². The summed E-state index contributed by atoms with van der Waals surface area (Å²) in [6.45, 7) is 3.49. The molecular formula is C22H28BCl2N3O6. The Kier molecular flexibility index (Phi) is 8.84. The molecule has 0 aliphatic carbocycles. The summed E-state index contributed by atoms with van der Waals surface area (Å²) < 4.78 is 11.1. The minimum Gasteiger partial charge on any atom is -0.497 e. The fraction of sp³-hybridized carbons (Fsp3) is 0.545. The molecule has 0 spiro atoms. The maximum atomic E-state index is 12.8. The number of nitrogens with one attached hydrogen (secondary N) is 2. The van der Waals surface area contributed by atoms with Crippen molar-refractivity contribution >= 4 is 54.1 Å². The van der Waals surface area contributed by atoms with Gasteiger partial charge in [-0.15, -0.1) is 0 Å². The topological polar surface area (TPSA) is 114 Å². The molecule has 1 aromatic rings. The predicted molar refractivity (Wildman–Crippen MR) is 127 cm³/mol. The Balaban J connectivity index is 1.68. The van der Waals surface area contributed by atoms with Crippen LogP contribution in [0.1, 0.15) is 49.9 Å². The van der Waals surface area contributed by atoms with Crippen molar-refractivity contribution < 1.29 is 28.5 Å². The molecule has 2 N–H and O–H groups in total. The van der Waals surface area contributed by atoms with Gasteiger partial charge in [0.2, 0.25) is 5.91 Å². The first-order valence-corrected chi connectivity index (χ1v) is 12.0. The van der Waals surface area contributed by atoms with Gasteiger partial charge >= 0.3 is 19.1 Å². The summed E-state index contributed by atoms with van der Waals surface area (Å²) in [5.74, 6) is -2.77. The van der Waals surface area contributed by atoms with Crippen molar-refractivity contribution in [3.8, 4) is 0 Å². The van der Waals surface area contributed by atoms with Crippen LogP contribution in [0.5, 0.6) is 0 Å². The third-order valence-electron chi connectivity index (χ3n) is 5.93. The number of hydrogen-bond acceptors (Lipinski definition) is 7. The second-order valence-corrected chi connectivity index (χ2v) is 9.82. The van der Waals surface area contributed by atoms with Crippen LogP contribution in [0.2, 0.25) is 10.0 Å². The van der Waals surface area contributed by atoms with Crippen molar-refractivity contribution in [1.29, 1.82) is 0 Å². The normalized spacial score (nSPS) is 21.8.